The fourth-order valence-electron chi connectivity index (χ4n) is 3.01. The van der Waals surface area contributed by atoms with Crippen molar-refractivity contribution in [2.24, 2.45) is 0 Å². The average Bonchev–Trinajstić information content (AvgIpc) is 3.14. The average molecular weight is 359 g/mol. The summed E-state index contributed by atoms with van der Waals surface area (Å²) in [5, 5.41) is 5.81. The smallest absolute Gasteiger partial charge is 0.253 e. The second-order valence-corrected chi connectivity index (χ2v) is 6.91. The van der Waals surface area contributed by atoms with Gasteiger partial charge in [0.25, 0.3) is 10.9 Å². The van der Waals surface area contributed by atoms with Crippen LogP contribution in [0, 0.1) is 0 Å². The highest BCUT2D eigenvalue weighted by Gasteiger charge is 2.27. The Hall–Kier alpha value is -2.28. The molecule has 2 aromatic rings. The molecule has 0 radical (unpaired) electrons. The number of anilines is 3. The molecule has 2 aromatic carbocycles. The molecular weight excluding hydrogens is 338 g/mol. The van der Waals surface area contributed by atoms with Crippen LogP contribution in [0.5, 0.6) is 0 Å². The van der Waals surface area contributed by atoms with E-state index in [0.29, 0.717) is 17.9 Å². The standard InChI is InChI=1S/C18H21N3O3S/c1-25-13-6-4-5-12(11-13)20-14(22)7-8-19-15-16(18(24)17(15)23)21-9-2-3-10-21/h4-6,11,19H,2-3,7-10H2,1H3,(H,20,22). The van der Waals surface area contributed by atoms with Crippen LogP contribution in [0.1, 0.15) is 19.3 Å². The fraction of sp³-hybridized carbons (Fsp3) is 0.389. The van der Waals surface area contributed by atoms with Gasteiger partial charge in [0.15, 0.2) is 0 Å². The lowest BCUT2D eigenvalue weighted by molar-refractivity contribution is -0.115. The van der Waals surface area contributed by atoms with E-state index in [-0.39, 0.29) is 12.3 Å². The number of thioether (sulfide) groups is 1. The molecule has 6 nitrogen and oxygen atoms in total. The summed E-state index contributed by atoms with van der Waals surface area (Å²) >= 11 is 1.61. The Bertz CT molecular complexity index is 836. The topological polar surface area (TPSA) is 78.5 Å². The van der Waals surface area contributed by atoms with E-state index in [1.54, 1.807) is 11.8 Å². The van der Waals surface area contributed by atoms with Crippen molar-refractivity contribution in [3.05, 3.63) is 44.7 Å². The predicted molar refractivity (Wildman–Crippen MR) is 103 cm³/mol. The van der Waals surface area contributed by atoms with Gasteiger partial charge in [0, 0.05) is 36.6 Å². The quantitative estimate of drug-likeness (QED) is 0.582. The molecule has 0 aliphatic carbocycles. The lowest BCUT2D eigenvalue weighted by Gasteiger charge is -2.22. The van der Waals surface area contributed by atoms with E-state index in [1.165, 1.54) is 0 Å². The number of amides is 1. The molecule has 25 heavy (non-hydrogen) atoms. The summed E-state index contributed by atoms with van der Waals surface area (Å²) in [6.45, 7) is 1.94. The molecule has 2 N–H and O–H groups in total. The van der Waals surface area contributed by atoms with Crippen LogP contribution >= 0.6 is 11.8 Å². The highest BCUT2D eigenvalue weighted by molar-refractivity contribution is 7.98. The Morgan fingerprint density at radius 1 is 1.20 bits per heavy atom. The first kappa shape index (κ1) is 17.5. The van der Waals surface area contributed by atoms with Gasteiger partial charge in [0.2, 0.25) is 5.91 Å². The van der Waals surface area contributed by atoms with Gasteiger partial charge in [0.05, 0.1) is 0 Å². The molecule has 0 unspecified atom stereocenters. The molecule has 1 aliphatic rings. The third-order valence-electron chi connectivity index (χ3n) is 4.31. The van der Waals surface area contributed by atoms with Crippen molar-refractivity contribution < 1.29 is 4.79 Å². The largest absolute Gasteiger partial charge is 0.379 e. The summed E-state index contributed by atoms with van der Waals surface area (Å²) in [5.74, 6) is -0.132. The van der Waals surface area contributed by atoms with Gasteiger partial charge in [-0.05, 0) is 37.3 Å². The molecule has 132 valence electrons. The van der Waals surface area contributed by atoms with Gasteiger partial charge in [-0.2, -0.15) is 0 Å². The van der Waals surface area contributed by atoms with Crippen molar-refractivity contribution in [3.8, 4) is 0 Å². The molecule has 0 aromatic heterocycles. The van der Waals surface area contributed by atoms with Crippen LogP contribution in [0.25, 0.3) is 0 Å². The number of nitrogens with one attached hydrogen (secondary N) is 2. The minimum absolute atomic E-state index is 0.132. The normalized spacial score (nSPS) is 14.0. The number of hydrogen-bond donors (Lipinski definition) is 2. The summed E-state index contributed by atoms with van der Waals surface area (Å²) < 4.78 is 0. The molecule has 0 bridgehead atoms. The Morgan fingerprint density at radius 3 is 2.68 bits per heavy atom. The first-order valence-electron chi connectivity index (χ1n) is 8.36. The summed E-state index contributed by atoms with van der Waals surface area (Å²) in [6, 6.07) is 7.63. The van der Waals surface area contributed by atoms with Gasteiger partial charge in [-0.1, -0.05) is 6.07 Å². The minimum Gasteiger partial charge on any atom is -0.379 e. The Labute approximate surface area is 150 Å². The molecule has 0 atom stereocenters. The Balaban J connectivity index is 1.53. The molecule has 1 saturated heterocycles. The van der Waals surface area contributed by atoms with Crippen LogP contribution in [-0.4, -0.2) is 31.8 Å². The molecule has 1 amide bonds. The van der Waals surface area contributed by atoms with Gasteiger partial charge < -0.3 is 15.5 Å². The zero-order valence-corrected chi connectivity index (χ0v) is 14.9. The van der Waals surface area contributed by atoms with Crippen LogP contribution in [0.2, 0.25) is 0 Å². The van der Waals surface area contributed by atoms with Crippen LogP contribution in [0.4, 0.5) is 17.1 Å². The number of hydrogen-bond acceptors (Lipinski definition) is 6. The molecule has 1 aliphatic heterocycles. The number of benzene rings is 1. The lowest BCUT2D eigenvalue weighted by atomic mass is 10.1. The fourth-order valence-corrected chi connectivity index (χ4v) is 3.47. The van der Waals surface area contributed by atoms with E-state index in [2.05, 4.69) is 10.6 Å². The molecule has 1 fully saturated rings. The van der Waals surface area contributed by atoms with Gasteiger partial charge in [-0.3, -0.25) is 14.4 Å². The van der Waals surface area contributed by atoms with Crippen LogP contribution in [-0.2, 0) is 4.79 Å². The number of rotatable bonds is 7. The highest BCUT2D eigenvalue weighted by Crippen LogP contribution is 2.24. The molecule has 1 heterocycles. The van der Waals surface area contributed by atoms with Crippen LogP contribution in [0.15, 0.2) is 38.8 Å². The second-order valence-electron chi connectivity index (χ2n) is 6.03. The number of carbonyl (C=O) groups is 1. The van der Waals surface area contributed by atoms with Gasteiger partial charge in [-0.15, -0.1) is 11.8 Å². The van der Waals surface area contributed by atoms with Crippen molar-refractivity contribution >= 4 is 34.7 Å². The number of nitrogens with zero attached hydrogens (tertiary/aromatic N) is 1. The van der Waals surface area contributed by atoms with Crippen molar-refractivity contribution in [2.75, 3.05) is 41.4 Å². The third-order valence-corrected chi connectivity index (χ3v) is 5.04. The summed E-state index contributed by atoms with van der Waals surface area (Å²) in [7, 11) is 0. The van der Waals surface area contributed by atoms with E-state index in [1.807, 2.05) is 35.4 Å². The maximum absolute atomic E-state index is 12.0. The van der Waals surface area contributed by atoms with Crippen molar-refractivity contribution in [3.63, 3.8) is 0 Å². The maximum Gasteiger partial charge on any atom is 0.253 e. The highest BCUT2D eigenvalue weighted by atomic mass is 32.2. The van der Waals surface area contributed by atoms with E-state index >= 15 is 0 Å². The first-order valence-corrected chi connectivity index (χ1v) is 9.58. The molecular formula is C18H21N3O3S. The van der Waals surface area contributed by atoms with E-state index in [4.69, 9.17) is 0 Å². The molecule has 0 saturated carbocycles. The Kier molecular flexibility index (Phi) is 5.43. The van der Waals surface area contributed by atoms with Crippen molar-refractivity contribution in [2.45, 2.75) is 24.2 Å². The third kappa shape index (κ3) is 3.87. The summed E-state index contributed by atoms with van der Waals surface area (Å²) in [5.41, 5.74) is 0.723. The molecule has 0 spiro atoms. The van der Waals surface area contributed by atoms with Gasteiger partial charge >= 0.3 is 0 Å². The maximum atomic E-state index is 12.0. The first-order chi connectivity index (χ1) is 12.1. The van der Waals surface area contributed by atoms with Crippen molar-refractivity contribution in [1.29, 1.82) is 0 Å². The SMILES string of the molecule is CSc1cccc(NC(=O)CCNc2c(N3CCCC3)c(=O)c2=O)c1. The predicted octanol–water partition coefficient (Wildman–Crippen LogP) is 2.05. The summed E-state index contributed by atoms with van der Waals surface area (Å²) in [4.78, 5) is 38.6. The second kappa shape index (κ2) is 7.74. The minimum atomic E-state index is -0.477. The lowest BCUT2D eigenvalue weighted by Crippen LogP contribution is -2.42. The van der Waals surface area contributed by atoms with E-state index in [0.717, 1.165) is 36.5 Å². The molecule has 7 heteroatoms. The Morgan fingerprint density at radius 2 is 1.96 bits per heavy atom. The molecule has 3 rings (SSSR count). The zero-order valence-electron chi connectivity index (χ0n) is 14.1. The zero-order chi connectivity index (χ0) is 17.8. The monoisotopic (exact) mass is 359 g/mol. The number of carbonyl (C=O) groups excluding carboxylic acids is 1. The van der Waals surface area contributed by atoms with E-state index < -0.39 is 10.9 Å². The van der Waals surface area contributed by atoms with Gasteiger partial charge in [0.1, 0.15) is 11.4 Å². The van der Waals surface area contributed by atoms with Crippen molar-refractivity contribution in [1.82, 2.24) is 0 Å². The van der Waals surface area contributed by atoms with Crippen LogP contribution < -0.4 is 26.4 Å². The van der Waals surface area contributed by atoms with Gasteiger partial charge in [-0.25, -0.2) is 0 Å². The summed E-state index contributed by atoms with van der Waals surface area (Å²) in [6.07, 6.45) is 4.28. The van der Waals surface area contributed by atoms with Crippen LogP contribution in [0.3, 0.4) is 0 Å². The van der Waals surface area contributed by atoms with E-state index in [9.17, 15) is 14.4 Å².